The van der Waals surface area contributed by atoms with Crippen LogP contribution in [0.1, 0.15) is 48.4 Å². The molecule has 1 aromatic carbocycles. The standard InChI is InChI=1S/C19H27N5O/c1-4-17-20-19(22-23(17)3)21-18(25)16-9-7-15(8-10-16)13-24-11-5-6-14(2)12-24/h7-10,14H,4-6,11-13H2,1-3H3,(H,21,22,25). The third kappa shape index (κ3) is 4.45. The molecule has 2 aromatic rings. The maximum absolute atomic E-state index is 12.4. The monoisotopic (exact) mass is 341 g/mol. The van der Waals surface area contributed by atoms with E-state index in [0.29, 0.717) is 11.5 Å². The Balaban J connectivity index is 1.60. The molecule has 0 bridgehead atoms. The molecule has 1 saturated heterocycles. The zero-order valence-electron chi connectivity index (χ0n) is 15.3. The summed E-state index contributed by atoms with van der Waals surface area (Å²) in [5.41, 5.74) is 1.87. The predicted octanol–water partition coefficient (Wildman–Crippen LogP) is 2.86. The van der Waals surface area contributed by atoms with Gasteiger partial charge in [0.1, 0.15) is 5.82 Å². The summed E-state index contributed by atoms with van der Waals surface area (Å²) < 4.78 is 1.69. The van der Waals surface area contributed by atoms with Crippen molar-refractivity contribution in [3.63, 3.8) is 0 Å². The van der Waals surface area contributed by atoms with Crippen molar-refractivity contribution in [1.82, 2.24) is 19.7 Å². The molecule has 1 fully saturated rings. The molecule has 25 heavy (non-hydrogen) atoms. The zero-order chi connectivity index (χ0) is 17.8. The topological polar surface area (TPSA) is 63.1 Å². The van der Waals surface area contributed by atoms with E-state index < -0.39 is 0 Å². The number of hydrogen-bond donors (Lipinski definition) is 1. The summed E-state index contributed by atoms with van der Waals surface area (Å²) in [7, 11) is 1.83. The molecule has 1 aliphatic rings. The van der Waals surface area contributed by atoms with Gasteiger partial charge in [-0.15, -0.1) is 5.10 Å². The summed E-state index contributed by atoms with van der Waals surface area (Å²) in [6.07, 6.45) is 3.39. The van der Waals surface area contributed by atoms with Gasteiger partial charge >= 0.3 is 0 Å². The number of likely N-dealkylation sites (tertiary alicyclic amines) is 1. The highest BCUT2D eigenvalue weighted by Gasteiger charge is 2.16. The van der Waals surface area contributed by atoms with Crippen molar-refractivity contribution in [2.75, 3.05) is 18.4 Å². The molecule has 1 aromatic heterocycles. The second kappa shape index (κ2) is 7.78. The Morgan fingerprint density at radius 2 is 2.08 bits per heavy atom. The van der Waals surface area contributed by atoms with Crippen LogP contribution in [0.5, 0.6) is 0 Å². The number of benzene rings is 1. The smallest absolute Gasteiger partial charge is 0.258 e. The van der Waals surface area contributed by atoms with Crippen LogP contribution < -0.4 is 5.32 Å². The van der Waals surface area contributed by atoms with E-state index in [1.54, 1.807) is 4.68 Å². The number of aromatic nitrogens is 3. The van der Waals surface area contributed by atoms with Gasteiger partial charge in [-0.3, -0.25) is 19.7 Å². The van der Waals surface area contributed by atoms with Gasteiger partial charge in [0.2, 0.25) is 5.95 Å². The van der Waals surface area contributed by atoms with E-state index in [1.807, 2.05) is 38.2 Å². The maximum Gasteiger partial charge on any atom is 0.258 e. The average Bonchev–Trinajstić information content (AvgIpc) is 2.95. The number of rotatable bonds is 5. The zero-order valence-corrected chi connectivity index (χ0v) is 15.3. The summed E-state index contributed by atoms with van der Waals surface area (Å²) in [6.45, 7) is 7.60. The fraction of sp³-hybridized carbons (Fsp3) is 0.526. The van der Waals surface area contributed by atoms with E-state index in [2.05, 4.69) is 27.2 Å². The minimum Gasteiger partial charge on any atom is -0.299 e. The van der Waals surface area contributed by atoms with Crippen LogP contribution in [0.2, 0.25) is 0 Å². The number of piperidine rings is 1. The van der Waals surface area contributed by atoms with Gasteiger partial charge in [-0.05, 0) is 43.0 Å². The molecule has 1 unspecified atom stereocenters. The summed E-state index contributed by atoms with van der Waals surface area (Å²) in [5.74, 6) is 1.81. The number of nitrogens with one attached hydrogen (secondary N) is 1. The molecule has 0 radical (unpaired) electrons. The van der Waals surface area contributed by atoms with Gasteiger partial charge in [0.15, 0.2) is 0 Å². The summed E-state index contributed by atoms with van der Waals surface area (Å²) in [5, 5.41) is 6.98. The highest BCUT2D eigenvalue weighted by molar-refractivity contribution is 6.03. The van der Waals surface area contributed by atoms with Crippen molar-refractivity contribution in [3.05, 3.63) is 41.2 Å². The normalized spacial score (nSPS) is 18.3. The van der Waals surface area contributed by atoms with Gasteiger partial charge in [0, 0.05) is 32.1 Å². The average molecular weight is 341 g/mol. The highest BCUT2D eigenvalue weighted by Crippen LogP contribution is 2.18. The van der Waals surface area contributed by atoms with Gasteiger partial charge in [-0.1, -0.05) is 26.0 Å². The van der Waals surface area contributed by atoms with Gasteiger partial charge in [-0.25, -0.2) is 0 Å². The van der Waals surface area contributed by atoms with Crippen LogP contribution in [0, 0.1) is 5.92 Å². The molecule has 134 valence electrons. The number of carbonyl (C=O) groups is 1. The summed E-state index contributed by atoms with van der Waals surface area (Å²) in [4.78, 5) is 19.2. The number of carbonyl (C=O) groups excluding carboxylic acids is 1. The van der Waals surface area contributed by atoms with Crippen LogP contribution in [0.3, 0.4) is 0 Å². The molecule has 1 amide bonds. The minimum absolute atomic E-state index is 0.175. The lowest BCUT2D eigenvalue weighted by Crippen LogP contribution is -2.33. The molecule has 0 saturated carbocycles. The number of anilines is 1. The fourth-order valence-electron chi connectivity index (χ4n) is 3.40. The largest absolute Gasteiger partial charge is 0.299 e. The minimum atomic E-state index is -0.175. The van der Waals surface area contributed by atoms with E-state index in [9.17, 15) is 4.79 Å². The molecule has 1 N–H and O–H groups in total. The highest BCUT2D eigenvalue weighted by atomic mass is 16.1. The molecule has 6 nitrogen and oxygen atoms in total. The quantitative estimate of drug-likeness (QED) is 0.908. The molecule has 2 heterocycles. The van der Waals surface area contributed by atoms with Crippen molar-refractivity contribution in [2.45, 2.75) is 39.7 Å². The lowest BCUT2D eigenvalue weighted by molar-refractivity contribution is 0.102. The second-order valence-electron chi connectivity index (χ2n) is 6.96. The number of nitrogens with zero attached hydrogens (tertiary/aromatic N) is 4. The SMILES string of the molecule is CCc1nc(NC(=O)c2ccc(CN3CCCC(C)C3)cc2)nn1C. The van der Waals surface area contributed by atoms with Crippen LogP contribution in [0.4, 0.5) is 5.95 Å². The van der Waals surface area contributed by atoms with Crippen LogP contribution in [-0.4, -0.2) is 38.7 Å². The third-order valence-corrected chi connectivity index (χ3v) is 4.76. The van der Waals surface area contributed by atoms with Crippen LogP contribution in [0.15, 0.2) is 24.3 Å². The molecular formula is C19H27N5O. The van der Waals surface area contributed by atoms with Crippen molar-refractivity contribution >= 4 is 11.9 Å². The fourth-order valence-corrected chi connectivity index (χ4v) is 3.40. The van der Waals surface area contributed by atoms with E-state index in [1.165, 1.54) is 18.4 Å². The predicted molar refractivity (Wildman–Crippen MR) is 98.5 cm³/mol. The number of hydrogen-bond acceptors (Lipinski definition) is 4. The molecule has 1 atom stereocenters. The van der Waals surface area contributed by atoms with Crippen molar-refractivity contribution in [2.24, 2.45) is 13.0 Å². The summed E-state index contributed by atoms with van der Waals surface area (Å²) >= 11 is 0. The Labute approximate surface area is 149 Å². The molecule has 0 spiro atoms. The molecule has 0 aliphatic carbocycles. The molecular weight excluding hydrogens is 314 g/mol. The van der Waals surface area contributed by atoms with Crippen LogP contribution in [-0.2, 0) is 20.0 Å². The van der Waals surface area contributed by atoms with E-state index in [4.69, 9.17) is 0 Å². The van der Waals surface area contributed by atoms with E-state index in [-0.39, 0.29) is 5.91 Å². The van der Waals surface area contributed by atoms with E-state index >= 15 is 0 Å². The Hall–Kier alpha value is -2.21. The molecule has 3 rings (SSSR count). The van der Waals surface area contributed by atoms with E-state index in [0.717, 1.165) is 37.8 Å². The second-order valence-corrected chi connectivity index (χ2v) is 6.96. The molecule has 6 heteroatoms. The Morgan fingerprint density at radius 3 is 2.72 bits per heavy atom. The third-order valence-electron chi connectivity index (χ3n) is 4.76. The first-order chi connectivity index (χ1) is 12.0. The Morgan fingerprint density at radius 1 is 1.32 bits per heavy atom. The van der Waals surface area contributed by atoms with Gasteiger partial charge in [0.25, 0.3) is 5.91 Å². The van der Waals surface area contributed by atoms with Crippen molar-refractivity contribution in [3.8, 4) is 0 Å². The Bertz CT molecular complexity index is 722. The van der Waals surface area contributed by atoms with Crippen molar-refractivity contribution < 1.29 is 4.79 Å². The van der Waals surface area contributed by atoms with Crippen LogP contribution >= 0.6 is 0 Å². The van der Waals surface area contributed by atoms with Crippen molar-refractivity contribution in [1.29, 1.82) is 0 Å². The first kappa shape index (κ1) is 17.6. The lowest BCUT2D eigenvalue weighted by Gasteiger charge is -2.30. The van der Waals surface area contributed by atoms with Gasteiger partial charge in [0.05, 0.1) is 0 Å². The lowest BCUT2D eigenvalue weighted by atomic mass is 9.99. The first-order valence-electron chi connectivity index (χ1n) is 9.07. The van der Waals surface area contributed by atoms with Gasteiger partial charge in [-0.2, -0.15) is 4.98 Å². The summed E-state index contributed by atoms with van der Waals surface area (Å²) in [6, 6.07) is 7.83. The first-order valence-corrected chi connectivity index (χ1v) is 9.07. The Kier molecular flexibility index (Phi) is 5.48. The number of aryl methyl sites for hydroxylation is 2. The van der Waals surface area contributed by atoms with Crippen LogP contribution in [0.25, 0.3) is 0 Å². The number of amides is 1. The van der Waals surface area contributed by atoms with Gasteiger partial charge < -0.3 is 0 Å². The molecule has 1 aliphatic heterocycles. The maximum atomic E-state index is 12.4.